The second-order valence-electron chi connectivity index (χ2n) is 4.72. The monoisotopic (exact) mass is 302 g/mol. The van der Waals surface area contributed by atoms with Gasteiger partial charge < -0.3 is 4.57 Å². The molecule has 0 atom stereocenters. The number of nitrogens with one attached hydrogen (secondary N) is 1. The number of imidazole rings is 1. The van der Waals surface area contributed by atoms with Crippen molar-refractivity contribution in [2.75, 3.05) is 4.72 Å². The molecule has 7 heteroatoms. The number of hydrogen-bond acceptors (Lipinski definition) is 4. The van der Waals surface area contributed by atoms with Crippen LogP contribution in [-0.2, 0) is 17.1 Å². The summed E-state index contributed by atoms with van der Waals surface area (Å²) in [6, 6.07) is 8.36. The summed E-state index contributed by atoms with van der Waals surface area (Å²) in [6.07, 6.45) is 2.84. The second-order valence-corrected chi connectivity index (χ2v) is 6.40. The predicted molar refractivity (Wildman–Crippen MR) is 80.5 cm³/mol. The Kier molecular flexibility index (Phi) is 3.13. The lowest BCUT2D eigenvalue weighted by Crippen LogP contribution is -2.13. The topological polar surface area (TPSA) is 76.9 Å². The van der Waals surface area contributed by atoms with Gasteiger partial charge in [0.05, 0.1) is 16.7 Å². The van der Waals surface area contributed by atoms with Crippen molar-refractivity contribution in [2.24, 2.45) is 7.05 Å². The fraction of sp³-hybridized carbons (Fsp3) is 0.143. The average Bonchev–Trinajstić information content (AvgIpc) is 2.74. The maximum Gasteiger partial charge on any atom is 0.263 e. The van der Waals surface area contributed by atoms with Crippen LogP contribution in [0.15, 0.2) is 47.6 Å². The highest BCUT2D eigenvalue weighted by atomic mass is 32.2. The minimum absolute atomic E-state index is 0.127. The molecule has 21 heavy (non-hydrogen) atoms. The third kappa shape index (κ3) is 2.47. The molecule has 3 aromatic rings. The minimum atomic E-state index is -3.63. The van der Waals surface area contributed by atoms with Crippen molar-refractivity contribution in [1.82, 2.24) is 14.5 Å². The Hall–Kier alpha value is -2.41. The van der Waals surface area contributed by atoms with Crippen molar-refractivity contribution in [2.45, 2.75) is 11.8 Å². The molecular weight excluding hydrogens is 288 g/mol. The van der Waals surface area contributed by atoms with Crippen LogP contribution in [0.1, 0.15) is 5.82 Å². The quantitative estimate of drug-likeness (QED) is 0.803. The summed E-state index contributed by atoms with van der Waals surface area (Å²) < 4.78 is 29.0. The first kappa shape index (κ1) is 13.6. The van der Waals surface area contributed by atoms with Gasteiger partial charge in [-0.3, -0.25) is 9.71 Å². The van der Waals surface area contributed by atoms with E-state index in [-0.39, 0.29) is 4.90 Å². The number of sulfonamides is 1. The fourth-order valence-corrected chi connectivity index (χ4v) is 3.12. The number of aryl methyl sites for hydroxylation is 2. The molecule has 0 radical (unpaired) electrons. The lowest BCUT2D eigenvalue weighted by Gasteiger charge is -2.07. The zero-order chi connectivity index (χ0) is 15.0. The normalized spacial score (nSPS) is 11.7. The molecule has 2 aromatic heterocycles. The van der Waals surface area contributed by atoms with E-state index in [1.54, 1.807) is 18.2 Å². The molecule has 0 bridgehead atoms. The number of nitrogens with zero attached hydrogens (tertiary/aromatic N) is 3. The zero-order valence-electron chi connectivity index (χ0n) is 11.6. The molecule has 2 heterocycles. The number of fused-ring (bicyclic) bond motifs is 1. The van der Waals surface area contributed by atoms with E-state index in [0.717, 1.165) is 16.9 Å². The van der Waals surface area contributed by atoms with Crippen LogP contribution < -0.4 is 4.72 Å². The lowest BCUT2D eigenvalue weighted by molar-refractivity contribution is 0.601. The van der Waals surface area contributed by atoms with Gasteiger partial charge in [0, 0.05) is 19.4 Å². The van der Waals surface area contributed by atoms with Crippen LogP contribution >= 0.6 is 0 Å². The van der Waals surface area contributed by atoms with Gasteiger partial charge in [-0.25, -0.2) is 13.4 Å². The van der Waals surface area contributed by atoms with Gasteiger partial charge in [-0.2, -0.15) is 0 Å². The Morgan fingerprint density at radius 3 is 2.76 bits per heavy atom. The summed E-state index contributed by atoms with van der Waals surface area (Å²) in [5.41, 5.74) is 2.18. The van der Waals surface area contributed by atoms with E-state index in [2.05, 4.69) is 14.7 Å². The van der Waals surface area contributed by atoms with E-state index < -0.39 is 10.0 Å². The largest absolute Gasteiger partial charge is 0.331 e. The van der Waals surface area contributed by atoms with Gasteiger partial charge in [0.25, 0.3) is 10.0 Å². The summed E-state index contributed by atoms with van der Waals surface area (Å²) in [5.74, 6) is 0.872. The first-order valence-corrected chi connectivity index (χ1v) is 7.81. The Morgan fingerprint density at radius 2 is 2.05 bits per heavy atom. The molecule has 6 nitrogen and oxygen atoms in total. The van der Waals surface area contributed by atoms with Gasteiger partial charge in [0.15, 0.2) is 0 Å². The number of pyridine rings is 1. The Bertz CT molecular complexity index is 901. The maximum atomic E-state index is 12.2. The van der Waals surface area contributed by atoms with E-state index >= 15 is 0 Å². The smallest absolute Gasteiger partial charge is 0.263 e. The lowest BCUT2D eigenvalue weighted by atomic mass is 10.3. The maximum absolute atomic E-state index is 12.2. The number of anilines is 1. The van der Waals surface area contributed by atoms with Gasteiger partial charge in [-0.15, -0.1) is 0 Å². The summed E-state index contributed by atoms with van der Waals surface area (Å²) in [5, 5.41) is 0. The van der Waals surface area contributed by atoms with Crippen molar-refractivity contribution in [1.29, 1.82) is 0 Å². The highest BCUT2D eigenvalue weighted by Gasteiger charge is 2.15. The van der Waals surface area contributed by atoms with Gasteiger partial charge in [-0.1, -0.05) is 0 Å². The van der Waals surface area contributed by atoms with Crippen LogP contribution in [0.5, 0.6) is 0 Å². The highest BCUT2D eigenvalue weighted by molar-refractivity contribution is 7.92. The second kappa shape index (κ2) is 4.85. The summed E-state index contributed by atoms with van der Waals surface area (Å²) >= 11 is 0. The highest BCUT2D eigenvalue weighted by Crippen LogP contribution is 2.21. The molecule has 0 saturated heterocycles. The average molecular weight is 302 g/mol. The molecule has 0 aliphatic carbocycles. The molecule has 0 fully saturated rings. The number of rotatable bonds is 3. The molecular formula is C14H14N4O2S. The molecule has 0 aliphatic rings. The van der Waals surface area contributed by atoms with Crippen LogP contribution in [0.25, 0.3) is 11.0 Å². The summed E-state index contributed by atoms with van der Waals surface area (Å²) in [6.45, 7) is 1.90. The van der Waals surface area contributed by atoms with Gasteiger partial charge in [0.2, 0.25) is 0 Å². The third-order valence-corrected chi connectivity index (χ3v) is 4.67. The number of hydrogen-bond donors (Lipinski definition) is 1. The molecule has 108 valence electrons. The van der Waals surface area contributed by atoms with Crippen molar-refractivity contribution >= 4 is 26.7 Å². The molecule has 0 amide bonds. The van der Waals surface area contributed by atoms with Crippen molar-refractivity contribution < 1.29 is 8.42 Å². The minimum Gasteiger partial charge on any atom is -0.331 e. The zero-order valence-corrected chi connectivity index (χ0v) is 12.4. The SMILES string of the molecule is Cc1nc2cc(NS(=O)(=O)c3cccnc3)ccc2n1C. The molecule has 1 N–H and O–H groups in total. The fourth-order valence-electron chi connectivity index (χ4n) is 2.10. The van der Waals surface area contributed by atoms with E-state index in [1.807, 2.05) is 24.6 Å². The van der Waals surface area contributed by atoms with Crippen molar-refractivity contribution in [3.63, 3.8) is 0 Å². The Labute approximate surface area is 122 Å². The van der Waals surface area contributed by atoms with Gasteiger partial charge in [0.1, 0.15) is 10.7 Å². The number of benzene rings is 1. The Balaban J connectivity index is 1.99. The molecule has 1 aromatic carbocycles. The molecule has 0 unspecified atom stereocenters. The van der Waals surface area contributed by atoms with Crippen molar-refractivity contribution in [3.8, 4) is 0 Å². The van der Waals surface area contributed by atoms with Gasteiger partial charge in [-0.05, 0) is 37.3 Å². The first-order chi connectivity index (χ1) is 9.97. The standard InChI is InChI=1S/C14H14N4O2S/c1-10-16-13-8-11(5-6-14(13)18(10)2)17-21(19,20)12-4-3-7-15-9-12/h3-9,17H,1-2H3. The van der Waals surface area contributed by atoms with E-state index in [1.165, 1.54) is 18.5 Å². The summed E-state index contributed by atoms with van der Waals surface area (Å²) in [7, 11) is -1.71. The summed E-state index contributed by atoms with van der Waals surface area (Å²) in [4.78, 5) is 8.34. The molecule has 0 spiro atoms. The molecule has 3 rings (SSSR count). The predicted octanol–water partition coefficient (Wildman–Crippen LogP) is 2.08. The third-order valence-electron chi connectivity index (χ3n) is 3.30. The first-order valence-electron chi connectivity index (χ1n) is 6.33. The van der Waals surface area contributed by atoms with Crippen LogP contribution in [0.4, 0.5) is 5.69 Å². The van der Waals surface area contributed by atoms with Crippen LogP contribution in [0.3, 0.4) is 0 Å². The Morgan fingerprint density at radius 1 is 1.24 bits per heavy atom. The number of aromatic nitrogens is 3. The van der Waals surface area contributed by atoms with Gasteiger partial charge >= 0.3 is 0 Å². The molecule has 0 saturated carbocycles. The molecule has 0 aliphatic heterocycles. The van der Waals surface area contributed by atoms with Crippen LogP contribution in [0.2, 0.25) is 0 Å². The van der Waals surface area contributed by atoms with Crippen molar-refractivity contribution in [3.05, 3.63) is 48.5 Å². The van der Waals surface area contributed by atoms with Crippen LogP contribution in [0, 0.1) is 6.92 Å². The van der Waals surface area contributed by atoms with E-state index in [4.69, 9.17) is 0 Å². The van der Waals surface area contributed by atoms with E-state index in [0.29, 0.717) is 5.69 Å². The van der Waals surface area contributed by atoms with E-state index in [9.17, 15) is 8.42 Å². The van der Waals surface area contributed by atoms with Crippen LogP contribution in [-0.4, -0.2) is 23.0 Å².